The Balaban J connectivity index is 1.35. The molecule has 140 valence electrons. The fourth-order valence-corrected chi connectivity index (χ4v) is 3.65. The lowest BCUT2D eigenvalue weighted by atomic mass is 9.93. The molecule has 3 heterocycles. The number of hydrogen-bond donors (Lipinski definition) is 1. The molecule has 0 radical (unpaired) electrons. The first-order valence-electron chi connectivity index (χ1n) is 9.24. The number of nitrogens with one attached hydrogen (secondary N) is 1. The summed E-state index contributed by atoms with van der Waals surface area (Å²) in [6.45, 7) is 3.14. The first-order chi connectivity index (χ1) is 13.1. The average molecular weight is 367 g/mol. The normalized spacial score (nSPS) is 16.4. The number of H-pyrrole nitrogens is 1. The van der Waals surface area contributed by atoms with E-state index in [9.17, 15) is 9.18 Å². The Morgan fingerprint density at radius 3 is 2.70 bits per heavy atom. The van der Waals surface area contributed by atoms with Crippen molar-refractivity contribution in [2.45, 2.75) is 31.8 Å². The van der Waals surface area contributed by atoms with E-state index in [1.54, 1.807) is 13.1 Å². The van der Waals surface area contributed by atoms with Crippen LogP contribution in [0.15, 0.2) is 48.8 Å². The van der Waals surface area contributed by atoms with Gasteiger partial charge in [-0.15, -0.1) is 0 Å². The SMILES string of the molecule is C[C@@H](Oc1ccc(F)cc1)C(=O)N1CCC(c2cc3cnccc3[nH]2)CC1. The van der Waals surface area contributed by atoms with Crippen molar-refractivity contribution in [3.05, 3.63) is 60.3 Å². The minimum absolute atomic E-state index is 0.0291. The third-order valence-electron chi connectivity index (χ3n) is 5.16. The van der Waals surface area contributed by atoms with Crippen LogP contribution in [0, 0.1) is 5.82 Å². The molecule has 1 saturated heterocycles. The molecular formula is C21H22FN3O2. The zero-order valence-electron chi connectivity index (χ0n) is 15.2. The molecule has 2 aromatic heterocycles. The second-order valence-corrected chi connectivity index (χ2v) is 7.00. The fourth-order valence-electron chi connectivity index (χ4n) is 3.65. The number of carbonyl (C=O) groups is 1. The summed E-state index contributed by atoms with van der Waals surface area (Å²) in [5, 5.41) is 1.12. The lowest BCUT2D eigenvalue weighted by molar-refractivity contribution is -0.139. The molecule has 3 aromatic rings. The Morgan fingerprint density at radius 2 is 2.00 bits per heavy atom. The number of carbonyl (C=O) groups excluding carboxylic acids is 1. The number of piperidine rings is 1. The molecule has 1 aliphatic heterocycles. The largest absolute Gasteiger partial charge is 0.481 e. The molecule has 0 saturated carbocycles. The highest BCUT2D eigenvalue weighted by atomic mass is 19.1. The van der Waals surface area contributed by atoms with Gasteiger partial charge in [0.15, 0.2) is 6.10 Å². The van der Waals surface area contributed by atoms with E-state index < -0.39 is 6.10 Å². The van der Waals surface area contributed by atoms with Gasteiger partial charge in [-0.05, 0) is 56.2 Å². The highest BCUT2D eigenvalue weighted by Crippen LogP contribution is 2.30. The van der Waals surface area contributed by atoms with Gasteiger partial charge in [-0.25, -0.2) is 4.39 Å². The molecule has 1 amide bonds. The van der Waals surface area contributed by atoms with Crippen molar-refractivity contribution in [2.24, 2.45) is 0 Å². The smallest absolute Gasteiger partial charge is 0.263 e. The molecule has 0 aliphatic carbocycles. The highest BCUT2D eigenvalue weighted by molar-refractivity contribution is 5.81. The maximum atomic E-state index is 13.0. The molecule has 1 N–H and O–H groups in total. The Hall–Kier alpha value is -2.89. The van der Waals surface area contributed by atoms with Crippen molar-refractivity contribution < 1.29 is 13.9 Å². The van der Waals surface area contributed by atoms with E-state index in [2.05, 4.69) is 16.0 Å². The Bertz CT molecular complexity index is 897. The van der Waals surface area contributed by atoms with Crippen LogP contribution in [-0.2, 0) is 4.79 Å². The minimum atomic E-state index is -0.592. The monoisotopic (exact) mass is 367 g/mol. The number of aromatic nitrogens is 2. The van der Waals surface area contributed by atoms with Crippen molar-refractivity contribution in [1.82, 2.24) is 14.9 Å². The number of nitrogens with zero attached hydrogens (tertiary/aromatic N) is 2. The number of amides is 1. The van der Waals surface area contributed by atoms with Gasteiger partial charge >= 0.3 is 0 Å². The average Bonchev–Trinajstić information content (AvgIpc) is 3.13. The van der Waals surface area contributed by atoms with Crippen LogP contribution >= 0.6 is 0 Å². The summed E-state index contributed by atoms with van der Waals surface area (Å²) in [6.07, 6.45) is 4.88. The van der Waals surface area contributed by atoms with E-state index in [-0.39, 0.29) is 11.7 Å². The molecule has 1 atom stereocenters. The third-order valence-corrected chi connectivity index (χ3v) is 5.16. The quantitative estimate of drug-likeness (QED) is 0.761. The number of hydrogen-bond acceptors (Lipinski definition) is 3. The Labute approximate surface area is 157 Å². The number of fused-ring (bicyclic) bond motifs is 1. The van der Waals surface area contributed by atoms with E-state index in [0.717, 1.165) is 23.7 Å². The lowest BCUT2D eigenvalue weighted by Crippen LogP contribution is -2.44. The number of likely N-dealkylation sites (tertiary alicyclic amines) is 1. The first kappa shape index (κ1) is 17.5. The summed E-state index contributed by atoms with van der Waals surface area (Å²) in [5.74, 6) is 0.559. The van der Waals surface area contributed by atoms with Gasteiger partial charge in [0.1, 0.15) is 11.6 Å². The zero-order chi connectivity index (χ0) is 18.8. The summed E-state index contributed by atoms with van der Waals surface area (Å²) in [4.78, 5) is 22.1. The molecule has 1 aromatic carbocycles. The predicted octanol–water partition coefficient (Wildman–Crippen LogP) is 3.88. The van der Waals surface area contributed by atoms with Crippen LogP contribution in [0.1, 0.15) is 31.4 Å². The van der Waals surface area contributed by atoms with Crippen molar-refractivity contribution >= 4 is 16.8 Å². The van der Waals surface area contributed by atoms with E-state index in [1.807, 2.05) is 17.2 Å². The number of pyridine rings is 1. The van der Waals surface area contributed by atoms with Crippen LogP contribution in [-0.4, -0.2) is 40.0 Å². The maximum absolute atomic E-state index is 13.0. The van der Waals surface area contributed by atoms with Crippen LogP contribution in [0.5, 0.6) is 5.75 Å². The number of rotatable bonds is 4. The predicted molar refractivity (Wildman–Crippen MR) is 101 cm³/mol. The summed E-state index contributed by atoms with van der Waals surface area (Å²) in [7, 11) is 0. The number of aromatic amines is 1. The van der Waals surface area contributed by atoms with Gasteiger partial charge in [0.2, 0.25) is 0 Å². The van der Waals surface area contributed by atoms with E-state index in [0.29, 0.717) is 24.8 Å². The number of benzene rings is 1. The standard InChI is InChI=1S/C21H22FN3O2/c1-14(27-18-4-2-17(22)3-5-18)21(26)25-10-7-15(8-11-25)20-12-16-13-23-9-6-19(16)24-20/h2-6,9,12-15,24H,7-8,10-11H2,1H3/t14-/m1/s1. The molecule has 0 spiro atoms. The van der Waals surface area contributed by atoms with Crippen LogP contribution in [0.4, 0.5) is 4.39 Å². The Morgan fingerprint density at radius 1 is 1.26 bits per heavy atom. The molecule has 0 unspecified atom stereocenters. The van der Waals surface area contributed by atoms with Crippen molar-refractivity contribution in [3.63, 3.8) is 0 Å². The van der Waals surface area contributed by atoms with Gasteiger partial charge in [0.05, 0.1) is 0 Å². The number of ether oxygens (including phenoxy) is 1. The van der Waals surface area contributed by atoms with Crippen LogP contribution in [0.25, 0.3) is 10.9 Å². The number of halogens is 1. The summed E-state index contributed by atoms with van der Waals surface area (Å²) in [6, 6.07) is 9.87. The second-order valence-electron chi connectivity index (χ2n) is 7.00. The molecule has 1 fully saturated rings. The van der Waals surface area contributed by atoms with E-state index in [1.165, 1.54) is 30.0 Å². The van der Waals surface area contributed by atoms with Gasteiger partial charge in [-0.2, -0.15) is 0 Å². The van der Waals surface area contributed by atoms with Crippen LogP contribution < -0.4 is 4.74 Å². The van der Waals surface area contributed by atoms with Crippen molar-refractivity contribution in [2.75, 3.05) is 13.1 Å². The fraction of sp³-hybridized carbons (Fsp3) is 0.333. The van der Waals surface area contributed by atoms with Gasteiger partial charge in [0.25, 0.3) is 5.91 Å². The topological polar surface area (TPSA) is 58.2 Å². The van der Waals surface area contributed by atoms with Gasteiger partial charge in [0, 0.05) is 48.0 Å². The molecule has 5 nitrogen and oxygen atoms in total. The van der Waals surface area contributed by atoms with Crippen molar-refractivity contribution in [3.8, 4) is 5.75 Å². The summed E-state index contributed by atoms with van der Waals surface area (Å²) >= 11 is 0. The van der Waals surface area contributed by atoms with Crippen LogP contribution in [0.2, 0.25) is 0 Å². The van der Waals surface area contributed by atoms with Crippen molar-refractivity contribution in [1.29, 1.82) is 0 Å². The maximum Gasteiger partial charge on any atom is 0.263 e. The molecular weight excluding hydrogens is 345 g/mol. The molecule has 4 rings (SSSR count). The summed E-state index contributed by atoms with van der Waals surface area (Å²) in [5.41, 5.74) is 2.31. The van der Waals surface area contributed by atoms with Gasteiger partial charge < -0.3 is 14.6 Å². The van der Waals surface area contributed by atoms with E-state index >= 15 is 0 Å². The third kappa shape index (κ3) is 3.79. The molecule has 27 heavy (non-hydrogen) atoms. The summed E-state index contributed by atoms with van der Waals surface area (Å²) < 4.78 is 18.6. The molecule has 6 heteroatoms. The van der Waals surface area contributed by atoms with Gasteiger partial charge in [-0.3, -0.25) is 9.78 Å². The zero-order valence-corrected chi connectivity index (χ0v) is 15.2. The Kier molecular flexibility index (Phi) is 4.79. The lowest BCUT2D eigenvalue weighted by Gasteiger charge is -2.33. The minimum Gasteiger partial charge on any atom is -0.481 e. The van der Waals surface area contributed by atoms with Gasteiger partial charge in [-0.1, -0.05) is 0 Å². The highest BCUT2D eigenvalue weighted by Gasteiger charge is 2.28. The van der Waals surface area contributed by atoms with Crippen LogP contribution in [0.3, 0.4) is 0 Å². The molecule has 1 aliphatic rings. The molecule has 0 bridgehead atoms. The first-order valence-corrected chi connectivity index (χ1v) is 9.24. The van der Waals surface area contributed by atoms with E-state index in [4.69, 9.17) is 4.74 Å². The second kappa shape index (κ2) is 7.39.